The Hall–Kier alpha value is -4.52. The molecule has 0 spiro atoms. The van der Waals surface area contributed by atoms with Crippen molar-refractivity contribution in [2.24, 2.45) is 0 Å². The first kappa shape index (κ1) is 23.6. The van der Waals surface area contributed by atoms with Crippen LogP contribution in [0.3, 0.4) is 0 Å². The van der Waals surface area contributed by atoms with E-state index in [1.165, 1.54) is 7.11 Å². The number of rotatable bonds is 8. The maximum absolute atomic E-state index is 13.2. The molecule has 0 radical (unpaired) electrons. The van der Waals surface area contributed by atoms with E-state index < -0.39 is 5.91 Å². The van der Waals surface area contributed by atoms with Crippen molar-refractivity contribution in [3.63, 3.8) is 0 Å². The molecule has 0 heterocycles. The molecule has 0 aliphatic carbocycles. The molecule has 2 N–H and O–H groups in total. The predicted octanol–water partition coefficient (Wildman–Crippen LogP) is 5.44. The number of para-hydroxylation sites is 1. The van der Waals surface area contributed by atoms with Crippen LogP contribution in [0, 0.1) is 6.92 Å². The second-order valence-corrected chi connectivity index (χ2v) is 7.87. The molecule has 0 atom stereocenters. The number of anilines is 2. The Morgan fingerprint density at radius 2 is 1.46 bits per heavy atom. The Morgan fingerprint density at radius 3 is 2.17 bits per heavy atom. The quantitative estimate of drug-likeness (QED) is 0.358. The lowest BCUT2D eigenvalue weighted by atomic mass is 10.0. The summed E-state index contributed by atoms with van der Waals surface area (Å²) in [6, 6.07) is 23.8. The third-order valence-corrected chi connectivity index (χ3v) is 5.53. The molecule has 2 amide bonds. The zero-order chi connectivity index (χ0) is 24.8. The van der Waals surface area contributed by atoms with E-state index in [0.29, 0.717) is 34.2 Å². The van der Waals surface area contributed by atoms with Crippen LogP contribution in [0.1, 0.15) is 15.9 Å². The van der Waals surface area contributed by atoms with Crippen LogP contribution in [0.2, 0.25) is 0 Å². The summed E-state index contributed by atoms with van der Waals surface area (Å²) in [4.78, 5) is 25.9. The number of ether oxygens (including phenoxy) is 3. The van der Waals surface area contributed by atoms with E-state index in [9.17, 15) is 9.59 Å². The molecule has 0 fully saturated rings. The summed E-state index contributed by atoms with van der Waals surface area (Å²) in [6.07, 6.45) is 0. The maximum Gasteiger partial charge on any atom is 0.262 e. The van der Waals surface area contributed by atoms with Gasteiger partial charge in [0.2, 0.25) is 0 Å². The van der Waals surface area contributed by atoms with Gasteiger partial charge in [-0.3, -0.25) is 9.59 Å². The second-order valence-electron chi connectivity index (χ2n) is 7.87. The third-order valence-electron chi connectivity index (χ3n) is 5.53. The molecule has 0 aliphatic heterocycles. The minimum absolute atomic E-state index is 0.293. The zero-order valence-electron chi connectivity index (χ0n) is 19.8. The van der Waals surface area contributed by atoms with Crippen LogP contribution in [0.15, 0.2) is 78.9 Å². The second kappa shape index (κ2) is 10.6. The van der Waals surface area contributed by atoms with Gasteiger partial charge in [0.15, 0.2) is 6.61 Å². The van der Waals surface area contributed by atoms with E-state index in [2.05, 4.69) is 10.6 Å². The lowest BCUT2D eigenvalue weighted by molar-refractivity contribution is -0.118. The fraction of sp³-hybridized carbons (Fsp3) is 0.143. The van der Waals surface area contributed by atoms with E-state index in [0.717, 1.165) is 16.3 Å². The first-order valence-electron chi connectivity index (χ1n) is 11.0. The molecule has 35 heavy (non-hydrogen) atoms. The van der Waals surface area contributed by atoms with E-state index in [1.54, 1.807) is 37.4 Å². The summed E-state index contributed by atoms with van der Waals surface area (Å²) < 4.78 is 16.4. The van der Waals surface area contributed by atoms with Crippen LogP contribution in [-0.4, -0.2) is 32.6 Å². The van der Waals surface area contributed by atoms with Gasteiger partial charge in [0.25, 0.3) is 11.8 Å². The number of amides is 2. The number of carbonyl (C=O) groups is 2. The summed E-state index contributed by atoms with van der Waals surface area (Å²) in [5, 5.41) is 7.49. The summed E-state index contributed by atoms with van der Waals surface area (Å²) in [7, 11) is 3.06. The summed E-state index contributed by atoms with van der Waals surface area (Å²) >= 11 is 0. The van der Waals surface area contributed by atoms with Crippen molar-refractivity contribution >= 4 is 34.0 Å². The zero-order valence-corrected chi connectivity index (χ0v) is 19.8. The molecule has 178 valence electrons. The summed E-state index contributed by atoms with van der Waals surface area (Å²) in [6.45, 7) is 1.63. The van der Waals surface area contributed by atoms with E-state index in [1.807, 2.05) is 55.5 Å². The Bertz CT molecular complexity index is 1380. The predicted molar refractivity (Wildman–Crippen MR) is 137 cm³/mol. The number of aryl methyl sites for hydroxylation is 1. The molecule has 4 rings (SSSR count). The number of nitrogens with one attached hydrogen (secondary N) is 2. The highest BCUT2D eigenvalue weighted by Crippen LogP contribution is 2.30. The Labute approximate surface area is 203 Å². The Kier molecular flexibility index (Phi) is 7.16. The molecule has 7 nitrogen and oxygen atoms in total. The molecule has 4 aromatic rings. The number of methoxy groups -OCH3 is 2. The van der Waals surface area contributed by atoms with E-state index in [-0.39, 0.29) is 12.5 Å². The van der Waals surface area contributed by atoms with Gasteiger partial charge in [0.1, 0.15) is 17.2 Å². The highest BCUT2D eigenvalue weighted by molar-refractivity contribution is 6.09. The highest BCUT2D eigenvalue weighted by atomic mass is 16.5. The van der Waals surface area contributed by atoms with Crippen LogP contribution >= 0.6 is 0 Å². The van der Waals surface area contributed by atoms with Gasteiger partial charge in [-0.2, -0.15) is 0 Å². The lowest BCUT2D eigenvalue weighted by Gasteiger charge is -2.15. The SMILES string of the molecule is COc1ccc(NC(=O)COc2cc3ccccc3cc2C(=O)Nc2ccccc2C)c(OC)c1. The number of hydrogen-bond acceptors (Lipinski definition) is 5. The molecule has 4 aromatic carbocycles. The molecule has 0 bridgehead atoms. The lowest BCUT2D eigenvalue weighted by Crippen LogP contribution is -2.22. The number of carbonyl (C=O) groups excluding carboxylic acids is 2. The third kappa shape index (κ3) is 5.52. The van der Waals surface area contributed by atoms with Gasteiger partial charge < -0.3 is 24.8 Å². The van der Waals surface area contributed by atoms with Crippen LogP contribution in [-0.2, 0) is 4.79 Å². The molecular formula is C28H26N2O5. The van der Waals surface area contributed by atoms with Gasteiger partial charge in [-0.25, -0.2) is 0 Å². The van der Waals surface area contributed by atoms with Crippen molar-refractivity contribution in [1.82, 2.24) is 0 Å². The maximum atomic E-state index is 13.2. The average Bonchev–Trinajstić information content (AvgIpc) is 2.88. The normalized spacial score (nSPS) is 10.5. The molecule has 0 aliphatic rings. The number of benzene rings is 4. The van der Waals surface area contributed by atoms with Crippen LogP contribution in [0.25, 0.3) is 10.8 Å². The van der Waals surface area contributed by atoms with Crippen molar-refractivity contribution in [2.45, 2.75) is 6.92 Å². The van der Waals surface area contributed by atoms with Crippen molar-refractivity contribution in [3.8, 4) is 17.2 Å². The number of fused-ring (bicyclic) bond motifs is 1. The van der Waals surface area contributed by atoms with Gasteiger partial charge in [-0.15, -0.1) is 0 Å². The standard InChI is InChI=1S/C28H26N2O5/c1-18-8-4-7-11-23(18)30-28(32)22-14-19-9-5-6-10-20(19)15-25(22)35-17-27(31)29-24-13-12-21(33-2)16-26(24)34-3/h4-16H,17H2,1-3H3,(H,29,31)(H,30,32). The van der Waals surface area contributed by atoms with Gasteiger partial charge in [-0.1, -0.05) is 42.5 Å². The van der Waals surface area contributed by atoms with Gasteiger partial charge in [0.05, 0.1) is 25.5 Å². The first-order chi connectivity index (χ1) is 17.0. The van der Waals surface area contributed by atoms with Crippen LogP contribution < -0.4 is 24.8 Å². The molecule has 0 unspecified atom stereocenters. The van der Waals surface area contributed by atoms with Gasteiger partial charge in [-0.05, 0) is 53.6 Å². The molecule has 7 heteroatoms. The van der Waals surface area contributed by atoms with Crippen molar-refractivity contribution < 1.29 is 23.8 Å². The highest BCUT2D eigenvalue weighted by Gasteiger charge is 2.17. The smallest absolute Gasteiger partial charge is 0.262 e. The van der Waals surface area contributed by atoms with E-state index in [4.69, 9.17) is 14.2 Å². The minimum atomic E-state index is -0.396. The minimum Gasteiger partial charge on any atom is -0.497 e. The average molecular weight is 471 g/mol. The largest absolute Gasteiger partial charge is 0.497 e. The fourth-order valence-corrected chi connectivity index (χ4v) is 3.65. The van der Waals surface area contributed by atoms with Crippen molar-refractivity contribution in [2.75, 3.05) is 31.5 Å². The fourth-order valence-electron chi connectivity index (χ4n) is 3.65. The topological polar surface area (TPSA) is 85.9 Å². The molecule has 0 saturated carbocycles. The van der Waals surface area contributed by atoms with E-state index >= 15 is 0 Å². The molecular weight excluding hydrogens is 444 g/mol. The van der Waals surface area contributed by atoms with Crippen molar-refractivity contribution in [1.29, 1.82) is 0 Å². The summed E-state index contributed by atoms with van der Waals surface area (Å²) in [5.74, 6) is 0.661. The Balaban J connectivity index is 1.56. The van der Waals surface area contributed by atoms with Crippen molar-refractivity contribution in [3.05, 3.63) is 90.0 Å². The molecule has 0 saturated heterocycles. The van der Waals surface area contributed by atoms with Gasteiger partial charge in [0, 0.05) is 11.8 Å². The van der Waals surface area contributed by atoms with Gasteiger partial charge >= 0.3 is 0 Å². The summed E-state index contributed by atoms with van der Waals surface area (Å²) in [5.41, 5.74) is 2.47. The Morgan fingerprint density at radius 1 is 0.743 bits per heavy atom. The molecule has 0 aromatic heterocycles. The first-order valence-corrected chi connectivity index (χ1v) is 11.0. The van der Waals surface area contributed by atoms with Crippen LogP contribution in [0.4, 0.5) is 11.4 Å². The number of hydrogen-bond donors (Lipinski definition) is 2. The van der Waals surface area contributed by atoms with Crippen LogP contribution in [0.5, 0.6) is 17.2 Å². The monoisotopic (exact) mass is 470 g/mol.